The predicted octanol–water partition coefficient (Wildman–Crippen LogP) is 4.15. The number of furan rings is 1. The van der Waals surface area contributed by atoms with Crippen molar-refractivity contribution in [2.24, 2.45) is 0 Å². The Hall–Kier alpha value is -3.13. The monoisotopic (exact) mass is 460 g/mol. The van der Waals surface area contributed by atoms with Crippen LogP contribution in [0.5, 0.6) is 5.75 Å². The van der Waals surface area contributed by atoms with Gasteiger partial charge in [0.1, 0.15) is 17.3 Å². The number of ether oxygens (including phenoxy) is 1. The summed E-state index contributed by atoms with van der Waals surface area (Å²) in [4.78, 5) is 26.5. The molecular formula is C21H18BrFN2O4. The number of para-hydroxylation sites is 1. The van der Waals surface area contributed by atoms with Crippen LogP contribution in [0.1, 0.15) is 16.1 Å². The van der Waals surface area contributed by atoms with Crippen LogP contribution in [0, 0.1) is 5.82 Å². The molecule has 0 aliphatic rings. The molecule has 0 spiro atoms. The van der Waals surface area contributed by atoms with E-state index < -0.39 is 5.82 Å². The Labute approximate surface area is 175 Å². The van der Waals surface area contributed by atoms with E-state index in [2.05, 4.69) is 21.2 Å². The minimum atomic E-state index is -0.415. The van der Waals surface area contributed by atoms with Crippen molar-refractivity contribution in [3.05, 3.63) is 82.5 Å². The normalized spacial score (nSPS) is 10.4. The van der Waals surface area contributed by atoms with Crippen molar-refractivity contribution in [3.8, 4) is 5.75 Å². The fourth-order valence-corrected chi connectivity index (χ4v) is 3.06. The number of carbonyl (C=O) groups excluding carboxylic acids is 2. The molecule has 2 amide bonds. The molecule has 6 nitrogen and oxygen atoms in total. The van der Waals surface area contributed by atoms with Crippen molar-refractivity contribution >= 4 is 33.4 Å². The molecule has 0 saturated carbocycles. The second-order valence-electron chi connectivity index (χ2n) is 6.10. The molecule has 0 radical (unpaired) electrons. The smallest absolute Gasteiger partial charge is 0.264 e. The van der Waals surface area contributed by atoms with Crippen molar-refractivity contribution in [2.45, 2.75) is 6.54 Å². The van der Waals surface area contributed by atoms with Gasteiger partial charge in [0.05, 0.1) is 28.5 Å². The molecule has 2 aromatic carbocycles. The second kappa shape index (κ2) is 9.38. The van der Waals surface area contributed by atoms with Gasteiger partial charge in [0.25, 0.3) is 11.8 Å². The van der Waals surface area contributed by atoms with E-state index >= 15 is 0 Å². The van der Waals surface area contributed by atoms with Crippen molar-refractivity contribution in [2.75, 3.05) is 18.6 Å². The highest BCUT2D eigenvalue weighted by molar-refractivity contribution is 9.10. The van der Waals surface area contributed by atoms with Gasteiger partial charge in [-0.3, -0.25) is 9.59 Å². The Morgan fingerprint density at radius 2 is 1.97 bits per heavy atom. The summed E-state index contributed by atoms with van der Waals surface area (Å²) in [6, 6.07) is 14.2. The third kappa shape index (κ3) is 5.23. The molecule has 1 aromatic heterocycles. The van der Waals surface area contributed by atoms with Crippen LogP contribution in [0.15, 0.2) is 69.8 Å². The molecule has 3 rings (SSSR count). The van der Waals surface area contributed by atoms with Gasteiger partial charge in [0.2, 0.25) is 0 Å². The molecular weight excluding hydrogens is 443 g/mol. The van der Waals surface area contributed by atoms with E-state index in [1.165, 1.54) is 29.4 Å². The van der Waals surface area contributed by atoms with Crippen LogP contribution in [0.4, 0.5) is 10.1 Å². The molecule has 0 saturated heterocycles. The van der Waals surface area contributed by atoms with Crippen LogP contribution in [-0.4, -0.2) is 25.5 Å². The first-order valence-electron chi connectivity index (χ1n) is 8.69. The first-order valence-corrected chi connectivity index (χ1v) is 9.49. The third-order valence-corrected chi connectivity index (χ3v) is 4.75. The molecule has 1 N–H and O–H groups in total. The highest BCUT2D eigenvalue weighted by atomic mass is 79.9. The lowest BCUT2D eigenvalue weighted by atomic mass is 10.1. The number of anilines is 1. The topological polar surface area (TPSA) is 71.8 Å². The fraction of sp³-hybridized carbons (Fsp3) is 0.143. The molecule has 0 fully saturated rings. The summed E-state index contributed by atoms with van der Waals surface area (Å²) in [5, 5.41) is 2.76. The lowest BCUT2D eigenvalue weighted by Gasteiger charge is -2.20. The molecule has 0 unspecified atom stereocenters. The summed E-state index contributed by atoms with van der Waals surface area (Å²) in [5.41, 5.74) is 0.786. The zero-order valence-electron chi connectivity index (χ0n) is 15.5. The van der Waals surface area contributed by atoms with Crippen LogP contribution in [0.25, 0.3) is 0 Å². The van der Waals surface area contributed by atoms with Crippen molar-refractivity contribution in [1.29, 1.82) is 0 Å². The van der Waals surface area contributed by atoms with Crippen molar-refractivity contribution in [1.82, 2.24) is 5.32 Å². The van der Waals surface area contributed by atoms with Crippen LogP contribution in [0.3, 0.4) is 0 Å². The molecule has 150 valence electrons. The highest BCUT2D eigenvalue weighted by Crippen LogP contribution is 2.26. The van der Waals surface area contributed by atoms with Crippen molar-refractivity contribution in [3.63, 3.8) is 0 Å². The van der Waals surface area contributed by atoms with E-state index in [4.69, 9.17) is 9.15 Å². The average molecular weight is 461 g/mol. The summed E-state index contributed by atoms with van der Waals surface area (Å²) in [6.45, 7) is -0.0391. The van der Waals surface area contributed by atoms with Crippen LogP contribution in [0.2, 0.25) is 0 Å². The first kappa shape index (κ1) is 20.6. The summed E-state index contributed by atoms with van der Waals surface area (Å²) < 4.78 is 24.3. The number of hydrogen-bond donors (Lipinski definition) is 1. The Morgan fingerprint density at radius 1 is 1.17 bits per heavy atom. The number of nitrogens with zero attached hydrogens (tertiary/aromatic N) is 1. The lowest BCUT2D eigenvalue weighted by Crippen LogP contribution is -2.33. The van der Waals surface area contributed by atoms with Gasteiger partial charge >= 0.3 is 0 Å². The molecule has 1 heterocycles. The number of hydrogen-bond acceptors (Lipinski definition) is 4. The largest absolute Gasteiger partial charge is 0.483 e. The summed E-state index contributed by atoms with van der Waals surface area (Å²) in [5.74, 6) is -0.148. The van der Waals surface area contributed by atoms with E-state index in [1.807, 2.05) is 0 Å². The number of amides is 2. The molecule has 3 aromatic rings. The maximum absolute atomic E-state index is 13.2. The second-order valence-corrected chi connectivity index (χ2v) is 6.95. The molecule has 8 heteroatoms. The molecule has 0 bridgehead atoms. The first-order chi connectivity index (χ1) is 14.0. The van der Waals surface area contributed by atoms with E-state index in [0.29, 0.717) is 27.2 Å². The molecule has 0 atom stereocenters. The lowest BCUT2D eigenvalue weighted by molar-refractivity contribution is -0.120. The van der Waals surface area contributed by atoms with Gasteiger partial charge in [-0.15, -0.1) is 0 Å². The van der Waals surface area contributed by atoms with E-state index in [9.17, 15) is 14.0 Å². The standard InChI is InChI=1S/C21H18BrFN2O4/c1-25(20(26)13-29-19-9-8-14(23)11-17(19)22)18-7-3-2-6-16(18)21(27)24-12-15-5-4-10-28-15/h2-11H,12-13H2,1H3,(H,24,27). The zero-order valence-corrected chi connectivity index (χ0v) is 17.1. The summed E-state index contributed by atoms with van der Waals surface area (Å²) in [6.07, 6.45) is 1.53. The van der Waals surface area contributed by atoms with Gasteiger partial charge in [0.15, 0.2) is 6.61 Å². The van der Waals surface area contributed by atoms with Gasteiger partial charge in [-0.2, -0.15) is 0 Å². The number of rotatable bonds is 7. The van der Waals surface area contributed by atoms with Crippen molar-refractivity contribution < 1.29 is 23.1 Å². The number of halogens is 2. The van der Waals surface area contributed by atoms with Gasteiger partial charge in [-0.1, -0.05) is 12.1 Å². The van der Waals surface area contributed by atoms with E-state index in [-0.39, 0.29) is 25.0 Å². The SMILES string of the molecule is CN(C(=O)COc1ccc(F)cc1Br)c1ccccc1C(=O)NCc1ccco1. The number of likely N-dealkylation sites (N-methyl/N-ethyl adjacent to an activating group) is 1. The summed E-state index contributed by atoms with van der Waals surface area (Å²) in [7, 11) is 1.56. The van der Waals surface area contributed by atoms with Crippen LogP contribution >= 0.6 is 15.9 Å². The van der Waals surface area contributed by atoms with E-state index in [1.54, 1.807) is 43.4 Å². The molecule has 29 heavy (non-hydrogen) atoms. The summed E-state index contributed by atoms with van der Waals surface area (Å²) >= 11 is 3.19. The number of carbonyl (C=O) groups is 2. The molecule has 0 aliphatic heterocycles. The average Bonchev–Trinajstić information content (AvgIpc) is 3.24. The maximum atomic E-state index is 13.2. The number of benzene rings is 2. The zero-order chi connectivity index (χ0) is 20.8. The minimum Gasteiger partial charge on any atom is -0.483 e. The maximum Gasteiger partial charge on any atom is 0.264 e. The van der Waals surface area contributed by atoms with Crippen LogP contribution in [-0.2, 0) is 11.3 Å². The Bertz CT molecular complexity index is 1010. The number of nitrogens with one attached hydrogen (secondary N) is 1. The highest BCUT2D eigenvalue weighted by Gasteiger charge is 2.19. The van der Waals surface area contributed by atoms with Gasteiger partial charge in [0, 0.05) is 7.05 Å². The Morgan fingerprint density at radius 3 is 2.69 bits per heavy atom. The van der Waals surface area contributed by atoms with Gasteiger partial charge in [-0.05, 0) is 58.4 Å². The predicted molar refractivity (Wildman–Crippen MR) is 109 cm³/mol. The Balaban J connectivity index is 1.67. The third-order valence-electron chi connectivity index (χ3n) is 4.13. The van der Waals surface area contributed by atoms with Gasteiger partial charge < -0.3 is 19.4 Å². The minimum absolute atomic E-state index is 0.236. The quantitative estimate of drug-likeness (QED) is 0.574. The van der Waals surface area contributed by atoms with Gasteiger partial charge in [-0.25, -0.2) is 4.39 Å². The van der Waals surface area contributed by atoms with Crippen LogP contribution < -0.4 is 15.0 Å². The Kier molecular flexibility index (Phi) is 6.66. The molecule has 0 aliphatic carbocycles. The van der Waals surface area contributed by atoms with E-state index in [0.717, 1.165) is 0 Å². The fourth-order valence-electron chi connectivity index (χ4n) is 2.60.